The molecule has 0 atom stereocenters. The molecule has 0 spiro atoms. The number of hydrogen-bond donors (Lipinski definition) is 0. The summed E-state index contributed by atoms with van der Waals surface area (Å²) in [5.41, 5.74) is 0. The minimum absolute atomic E-state index is 0.611. The topological polar surface area (TPSA) is 60.4 Å². The van der Waals surface area contributed by atoms with Gasteiger partial charge in [0.2, 0.25) is 0 Å². The van der Waals surface area contributed by atoms with Gasteiger partial charge in [0.15, 0.2) is 0 Å². The highest BCUT2D eigenvalue weighted by Gasteiger charge is 2.36. The molecule has 114 valence electrons. The third kappa shape index (κ3) is 22.5. The lowest BCUT2D eigenvalue weighted by molar-refractivity contribution is -0.184. The van der Waals surface area contributed by atoms with Crippen molar-refractivity contribution < 1.29 is 44.9 Å². The predicted molar refractivity (Wildman–Crippen MR) is 52.4 cm³/mol. The largest absolute Gasteiger partial charge is 0.399 e. The van der Waals surface area contributed by atoms with Crippen LogP contribution in [-0.4, -0.2) is 41.0 Å². The molecule has 0 N–H and O–H groups in total. The monoisotopic (exact) mass is 316 g/mol. The Hall–Kier alpha value is -1.13. The Balaban J connectivity index is 0. The van der Waals surface area contributed by atoms with E-state index in [1.54, 1.807) is 12.5 Å². The molecule has 11 heteroatoms. The van der Waals surface area contributed by atoms with E-state index in [1.807, 2.05) is 0 Å². The van der Waals surface area contributed by atoms with Crippen LogP contribution in [0.1, 0.15) is 12.8 Å². The van der Waals surface area contributed by atoms with E-state index in [-0.39, 0.29) is 0 Å². The van der Waals surface area contributed by atoms with Gasteiger partial charge < -0.3 is 4.74 Å². The molecule has 0 saturated heterocycles. The summed E-state index contributed by atoms with van der Waals surface area (Å²) in [5.74, 6) is -4.12. The zero-order valence-corrected chi connectivity index (χ0v) is 10.5. The molecule has 0 aliphatic heterocycles. The first-order valence-corrected chi connectivity index (χ1v) is 6.31. The van der Waals surface area contributed by atoms with Crippen molar-refractivity contribution in [1.29, 1.82) is 0 Å². The van der Waals surface area contributed by atoms with Gasteiger partial charge in [0.25, 0.3) is 0 Å². The van der Waals surface area contributed by atoms with E-state index in [4.69, 9.17) is 0 Å². The predicted octanol–water partition coefficient (Wildman–Crippen LogP) is 1.96. The summed E-state index contributed by atoms with van der Waals surface area (Å²) in [5, 5.41) is 0. The van der Waals surface area contributed by atoms with Crippen LogP contribution in [0, 0.1) is 0 Å². The van der Waals surface area contributed by atoms with Gasteiger partial charge in [0.05, 0.1) is 0 Å². The van der Waals surface area contributed by atoms with Gasteiger partial charge in [-0.3, -0.25) is 13.8 Å². The van der Waals surface area contributed by atoms with Crippen LogP contribution in [0.25, 0.3) is 0 Å². The first-order valence-electron chi connectivity index (χ1n) is 4.35. The van der Waals surface area contributed by atoms with Crippen molar-refractivity contribution in [2.75, 3.05) is 12.5 Å². The summed E-state index contributed by atoms with van der Waals surface area (Å²) in [6, 6.07) is 0. The summed E-state index contributed by atoms with van der Waals surface area (Å²) < 4.78 is 81.6. The molecule has 19 heavy (non-hydrogen) atoms. The van der Waals surface area contributed by atoms with Gasteiger partial charge in [0, 0.05) is 23.3 Å². The van der Waals surface area contributed by atoms with Gasteiger partial charge in [-0.15, -0.1) is 0 Å². The average molecular weight is 316 g/mol. The molecule has 0 bridgehead atoms. The van der Waals surface area contributed by atoms with Crippen LogP contribution in [0.15, 0.2) is 0 Å². The molecule has 0 unspecified atom stereocenters. The Morgan fingerprint density at radius 1 is 0.895 bits per heavy atom. The SMILES string of the molecule is CS(C)=O.O=C(CC(F)(F)F)OC(=O)CC(F)(F)F. The van der Waals surface area contributed by atoms with E-state index in [9.17, 15) is 40.1 Å². The molecule has 0 aromatic rings. The maximum Gasteiger partial charge on any atom is 0.399 e. The van der Waals surface area contributed by atoms with E-state index in [0.717, 1.165) is 0 Å². The fourth-order valence-corrected chi connectivity index (χ4v) is 0.526. The van der Waals surface area contributed by atoms with E-state index in [1.165, 1.54) is 0 Å². The summed E-state index contributed by atoms with van der Waals surface area (Å²) in [6.45, 7) is 0. The highest BCUT2D eigenvalue weighted by molar-refractivity contribution is 7.83. The van der Waals surface area contributed by atoms with Crippen molar-refractivity contribution in [3.8, 4) is 0 Å². The maximum atomic E-state index is 11.5. The number of carbonyl (C=O) groups excluding carboxylic acids is 2. The number of ether oxygens (including phenoxy) is 1. The third-order valence-electron chi connectivity index (χ3n) is 0.917. The minimum atomic E-state index is -4.92. The zero-order chi connectivity index (χ0) is 15.9. The van der Waals surface area contributed by atoms with Gasteiger partial charge in [-0.25, -0.2) is 0 Å². The Bertz CT molecular complexity index is 305. The quantitative estimate of drug-likeness (QED) is 0.444. The molecule has 0 aromatic carbocycles. The van der Waals surface area contributed by atoms with Gasteiger partial charge >= 0.3 is 24.3 Å². The maximum absolute atomic E-state index is 11.5. The molecule has 0 radical (unpaired) electrons. The third-order valence-corrected chi connectivity index (χ3v) is 0.917. The summed E-state index contributed by atoms with van der Waals surface area (Å²) in [6.07, 6.45) is -10.8. The van der Waals surface area contributed by atoms with Gasteiger partial charge in [-0.1, -0.05) is 0 Å². The molecule has 0 saturated carbocycles. The van der Waals surface area contributed by atoms with Crippen molar-refractivity contribution >= 4 is 22.7 Å². The van der Waals surface area contributed by atoms with Crippen molar-refractivity contribution in [2.45, 2.75) is 25.2 Å². The molecule has 0 aromatic heterocycles. The lowest BCUT2D eigenvalue weighted by Gasteiger charge is -2.07. The van der Waals surface area contributed by atoms with Crippen LogP contribution in [0.3, 0.4) is 0 Å². The van der Waals surface area contributed by atoms with E-state index >= 15 is 0 Å². The number of rotatable bonds is 2. The summed E-state index contributed by atoms with van der Waals surface area (Å²) in [4.78, 5) is 20.4. The second-order valence-corrected chi connectivity index (χ2v) is 4.65. The molecular formula is C8H10F6O4S. The van der Waals surface area contributed by atoms with Crippen LogP contribution in [0.4, 0.5) is 26.3 Å². The van der Waals surface area contributed by atoms with Gasteiger partial charge in [-0.2, -0.15) is 26.3 Å². The first-order chi connectivity index (χ1) is 8.23. The summed E-state index contributed by atoms with van der Waals surface area (Å²) in [7, 11) is -0.611. The summed E-state index contributed by atoms with van der Waals surface area (Å²) >= 11 is 0. The second-order valence-electron chi connectivity index (χ2n) is 3.17. The molecule has 4 nitrogen and oxygen atoms in total. The fraction of sp³-hybridized carbons (Fsp3) is 0.750. The second kappa shape index (κ2) is 8.12. The standard InChI is InChI=1S/C6H4F6O3.C2H6OS/c7-5(8,9)1-3(13)15-4(14)2-6(10,11)12;1-4(2)3/h1-2H2;1-2H3. The van der Waals surface area contributed by atoms with Gasteiger partial charge in [-0.05, 0) is 0 Å². The van der Waals surface area contributed by atoms with Crippen LogP contribution in [0.5, 0.6) is 0 Å². The average Bonchev–Trinajstić information content (AvgIpc) is 1.91. The molecule has 0 aliphatic rings. The van der Waals surface area contributed by atoms with Crippen molar-refractivity contribution in [3.63, 3.8) is 0 Å². The van der Waals surface area contributed by atoms with Gasteiger partial charge in [0.1, 0.15) is 12.8 Å². The molecule has 0 fully saturated rings. The number of hydrogen-bond acceptors (Lipinski definition) is 4. The van der Waals surface area contributed by atoms with Crippen LogP contribution in [-0.2, 0) is 25.1 Å². The Morgan fingerprint density at radius 3 is 1.26 bits per heavy atom. The Labute approximate surface area is 106 Å². The minimum Gasteiger partial charge on any atom is -0.393 e. The van der Waals surface area contributed by atoms with E-state index in [2.05, 4.69) is 4.74 Å². The normalized spacial score (nSPS) is 11.6. The number of carbonyl (C=O) groups is 2. The fourth-order valence-electron chi connectivity index (χ4n) is 0.526. The number of esters is 2. The smallest absolute Gasteiger partial charge is 0.393 e. The molecule has 0 heterocycles. The van der Waals surface area contributed by atoms with Crippen LogP contribution < -0.4 is 0 Å². The lowest BCUT2D eigenvalue weighted by Crippen LogP contribution is -2.23. The first kappa shape index (κ1) is 20.2. The number of alkyl halides is 6. The van der Waals surface area contributed by atoms with Crippen LogP contribution in [0.2, 0.25) is 0 Å². The zero-order valence-electron chi connectivity index (χ0n) is 9.72. The van der Waals surface area contributed by atoms with Crippen molar-refractivity contribution in [2.24, 2.45) is 0 Å². The molecule has 0 amide bonds. The van der Waals surface area contributed by atoms with Crippen LogP contribution >= 0.6 is 0 Å². The highest BCUT2D eigenvalue weighted by Crippen LogP contribution is 2.22. The molecule has 0 aliphatic carbocycles. The van der Waals surface area contributed by atoms with E-state index in [0.29, 0.717) is 0 Å². The van der Waals surface area contributed by atoms with E-state index < -0.39 is 47.9 Å². The highest BCUT2D eigenvalue weighted by atomic mass is 32.2. The lowest BCUT2D eigenvalue weighted by atomic mass is 10.4. The molecular weight excluding hydrogens is 306 g/mol. The molecule has 0 rings (SSSR count). The Morgan fingerprint density at radius 2 is 1.11 bits per heavy atom. The number of halogens is 6. The Kier molecular flexibility index (Phi) is 8.63. The van der Waals surface area contributed by atoms with Crippen molar-refractivity contribution in [3.05, 3.63) is 0 Å². The van der Waals surface area contributed by atoms with Crippen molar-refractivity contribution in [1.82, 2.24) is 0 Å².